The molecule has 0 atom stereocenters. The summed E-state index contributed by atoms with van der Waals surface area (Å²) in [6, 6.07) is 5.98. The molecule has 0 amide bonds. The number of hydrogen-bond donors (Lipinski definition) is 1. The summed E-state index contributed by atoms with van der Waals surface area (Å²) in [6.07, 6.45) is 0. The maximum atomic E-state index is 5.35. The van der Waals surface area contributed by atoms with Gasteiger partial charge >= 0.3 is 0 Å². The summed E-state index contributed by atoms with van der Waals surface area (Å²) < 4.78 is 15.8. The Morgan fingerprint density at radius 1 is 1.16 bits per heavy atom. The van der Waals surface area contributed by atoms with Crippen molar-refractivity contribution in [2.45, 2.75) is 26.9 Å². The first-order valence-corrected chi connectivity index (χ1v) is 6.25. The average Bonchev–Trinajstić information content (AvgIpc) is 2.99. The minimum absolute atomic E-state index is 0.311. The van der Waals surface area contributed by atoms with Gasteiger partial charge in [0.2, 0.25) is 6.79 Å². The zero-order valence-corrected chi connectivity index (χ0v) is 11.0. The van der Waals surface area contributed by atoms with Crippen molar-refractivity contribution in [2.75, 3.05) is 6.79 Å². The van der Waals surface area contributed by atoms with Crippen LogP contribution in [0.4, 0.5) is 0 Å². The van der Waals surface area contributed by atoms with Crippen molar-refractivity contribution in [1.29, 1.82) is 0 Å². The number of rotatable bonds is 4. The van der Waals surface area contributed by atoms with E-state index in [1.165, 1.54) is 0 Å². The second kappa shape index (κ2) is 4.93. The van der Waals surface area contributed by atoms with Gasteiger partial charge in [0.1, 0.15) is 5.76 Å². The molecular weight excluding hydrogens is 244 g/mol. The van der Waals surface area contributed by atoms with Crippen LogP contribution in [0.3, 0.4) is 0 Å². The molecule has 5 nitrogen and oxygen atoms in total. The van der Waals surface area contributed by atoms with Gasteiger partial charge in [-0.3, -0.25) is 0 Å². The van der Waals surface area contributed by atoms with Crippen molar-refractivity contribution in [3.63, 3.8) is 0 Å². The van der Waals surface area contributed by atoms with Gasteiger partial charge in [-0.15, -0.1) is 0 Å². The monoisotopic (exact) mass is 260 g/mol. The smallest absolute Gasteiger partial charge is 0.231 e. The molecule has 19 heavy (non-hydrogen) atoms. The van der Waals surface area contributed by atoms with Gasteiger partial charge in [-0.05, 0) is 31.5 Å². The number of nitrogens with zero attached hydrogens (tertiary/aromatic N) is 1. The third kappa shape index (κ3) is 2.42. The van der Waals surface area contributed by atoms with Crippen LogP contribution >= 0.6 is 0 Å². The molecule has 100 valence electrons. The van der Waals surface area contributed by atoms with Crippen LogP contribution in [0.25, 0.3) is 0 Å². The molecule has 0 radical (unpaired) electrons. The van der Waals surface area contributed by atoms with Crippen molar-refractivity contribution < 1.29 is 14.0 Å². The zero-order valence-electron chi connectivity index (χ0n) is 11.0. The summed E-state index contributed by atoms with van der Waals surface area (Å²) in [5, 5.41) is 7.32. The Morgan fingerprint density at radius 3 is 2.79 bits per heavy atom. The predicted octanol–water partition coefficient (Wildman–Crippen LogP) is 2.31. The highest BCUT2D eigenvalue weighted by Crippen LogP contribution is 2.32. The largest absolute Gasteiger partial charge is 0.454 e. The molecule has 0 aliphatic carbocycles. The summed E-state index contributed by atoms with van der Waals surface area (Å²) in [5.41, 5.74) is 3.23. The molecule has 1 aliphatic rings. The van der Waals surface area contributed by atoms with E-state index in [0.717, 1.165) is 47.2 Å². The third-order valence-corrected chi connectivity index (χ3v) is 3.25. The van der Waals surface area contributed by atoms with Gasteiger partial charge in [0.05, 0.1) is 5.69 Å². The maximum Gasteiger partial charge on any atom is 0.231 e. The molecule has 0 unspecified atom stereocenters. The van der Waals surface area contributed by atoms with E-state index < -0.39 is 0 Å². The van der Waals surface area contributed by atoms with Gasteiger partial charge in [-0.25, -0.2) is 0 Å². The molecule has 1 aromatic carbocycles. The van der Waals surface area contributed by atoms with Crippen molar-refractivity contribution in [2.24, 2.45) is 0 Å². The highest BCUT2D eigenvalue weighted by Gasteiger charge is 2.13. The maximum absolute atomic E-state index is 5.35. The van der Waals surface area contributed by atoms with Crippen LogP contribution in [0.1, 0.15) is 22.6 Å². The molecule has 0 saturated heterocycles. The van der Waals surface area contributed by atoms with Gasteiger partial charge in [-0.1, -0.05) is 11.2 Å². The molecule has 0 bridgehead atoms. The summed E-state index contributed by atoms with van der Waals surface area (Å²) in [4.78, 5) is 0. The number of ether oxygens (including phenoxy) is 2. The van der Waals surface area contributed by atoms with Crippen LogP contribution in [0.5, 0.6) is 11.5 Å². The molecule has 1 N–H and O–H groups in total. The summed E-state index contributed by atoms with van der Waals surface area (Å²) in [7, 11) is 0. The van der Waals surface area contributed by atoms with E-state index in [1.54, 1.807) is 0 Å². The van der Waals surface area contributed by atoms with Crippen LogP contribution in [0, 0.1) is 13.8 Å². The van der Waals surface area contributed by atoms with Crippen LogP contribution in [0.2, 0.25) is 0 Å². The third-order valence-electron chi connectivity index (χ3n) is 3.25. The summed E-state index contributed by atoms with van der Waals surface area (Å²) in [5.74, 6) is 2.50. The Balaban J connectivity index is 1.61. The number of nitrogens with one attached hydrogen (secondary N) is 1. The van der Waals surface area contributed by atoms with Crippen molar-refractivity contribution in [3.8, 4) is 11.5 Å². The van der Waals surface area contributed by atoms with Gasteiger partial charge in [0.15, 0.2) is 11.5 Å². The van der Waals surface area contributed by atoms with Gasteiger partial charge < -0.3 is 19.3 Å². The molecule has 0 saturated carbocycles. The number of aryl methyl sites for hydroxylation is 2. The van der Waals surface area contributed by atoms with E-state index in [2.05, 4.69) is 10.5 Å². The van der Waals surface area contributed by atoms with Crippen molar-refractivity contribution >= 4 is 0 Å². The Morgan fingerprint density at radius 2 is 2.00 bits per heavy atom. The Kier molecular flexibility index (Phi) is 3.13. The van der Waals surface area contributed by atoms with Crippen molar-refractivity contribution in [3.05, 3.63) is 40.8 Å². The Labute approximate surface area is 111 Å². The highest BCUT2D eigenvalue weighted by atomic mass is 16.7. The molecule has 3 rings (SSSR count). The molecule has 2 heterocycles. The first kappa shape index (κ1) is 12.0. The second-order valence-corrected chi connectivity index (χ2v) is 4.59. The topological polar surface area (TPSA) is 56.5 Å². The minimum Gasteiger partial charge on any atom is -0.454 e. The normalized spacial score (nSPS) is 12.9. The fourth-order valence-electron chi connectivity index (χ4n) is 2.14. The number of hydrogen-bond acceptors (Lipinski definition) is 5. The number of aromatic nitrogens is 1. The molecule has 5 heteroatoms. The minimum atomic E-state index is 0.311. The van der Waals surface area contributed by atoms with Crippen LogP contribution in [0.15, 0.2) is 22.7 Å². The lowest BCUT2D eigenvalue weighted by molar-refractivity contribution is 0.174. The Hall–Kier alpha value is -2.01. The quantitative estimate of drug-likeness (QED) is 0.914. The first-order valence-electron chi connectivity index (χ1n) is 6.25. The number of fused-ring (bicyclic) bond motifs is 1. The van der Waals surface area contributed by atoms with E-state index in [9.17, 15) is 0 Å². The lowest BCUT2D eigenvalue weighted by atomic mass is 10.1. The van der Waals surface area contributed by atoms with Crippen LogP contribution in [-0.2, 0) is 13.1 Å². The number of benzene rings is 1. The second-order valence-electron chi connectivity index (χ2n) is 4.59. The summed E-state index contributed by atoms with van der Waals surface area (Å²) >= 11 is 0. The molecule has 0 fully saturated rings. The van der Waals surface area contributed by atoms with Crippen molar-refractivity contribution in [1.82, 2.24) is 10.5 Å². The molecule has 1 aromatic heterocycles. The van der Waals surface area contributed by atoms with Crippen LogP contribution < -0.4 is 14.8 Å². The highest BCUT2D eigenvalue weighted by molar-refractivity contribution is 5.44. The fraction of sp³-hybridized carbons (Fsp3) is 0.357. The summed E-state index contributed by atoms with van der Waals surface area (Å²) in [6.45, 7) is 5.70. The molecule has 0 spiro atoms. The van der Waals surface area contributed by atoms with Gasteiger partial charge in [0.25, 0.3) is 0 Å². The van der Waals surface area contributed by atoms with E-state index in [-0.39, 0.29) is 0 Å². The first-order chi connectivity index (χ1) is 9.24. The zero-order chi connectivity index (χ0) is 13.2. The molecular formula is C14H16N2O3. The van der Waals surface area contributed by atoms with E-state index in [4.69, 9.17) is 14.0 Å². The fourth-order valence-corrected chi connectivity index (χ4v) is 2.14. The van der Waals surface area contributed by atoms with E-state index in [1.807, 2.05) is 32.0 Å². The predicted molar refractivity (Wildman–Crippen MR) is 69.1 cm³/mol. The van der Waals surface area contributed by atoms with E-state index in [0.29, 0.717) is 6.79 Å². The van der Waals surface area contributed by atoms with Crippen LogP contribution in [-0.4, -0.2) is 11.9 Å². The van der Waals surface area contributed by atoms with Gasteiger partial charge in [0, 0.05) is 18.7 Å². The lowest BCUT2D eigenvalue weighted by Gasteiger charge is -2.05. The standard InChI is InChI=1S/C14H16N2O3/c1-9-12(10(2)19-16-9)7-15-6-11-3-4-13-14(5-11)18-8-17-13/h3-5,15H,6-8H2,1-2H3. The average molecular weight is 260 g/mol. The van der Waals surface area contributed by atoms with Gasteiger partial charge in [-0.2, -0.15) is 0 Å². The van der Waals surface area contributed by atoms with E-state index >= 15 is 0 Å². The Bertz CT molecular complexity index is 573. The SMILES string of the molecule is Cc1noc(C)c1CNCc1ccc2c(c1)OCO2. The molecule has 2 aromatic rings. The molecule has 1 aliphatic heterocycles. The lowest BCUT2D eigenvalue weighted by Crippen LogP contribution is -2.13.